The Kier molecular flexibility index (Phi) is 4.91. The van der Waals surface area contributed by atoms with E-state index in [0.29, 0.717) is 16.1 Å². The van der Waals surface area contributed by atoms with E-state index in [-0.39, 0.29) is 18.0 Å². The maximum atomic E-state index is 13.0. The van der Waals surface area contributed by atoms with Gasteiger partial charge in [0.15, 0.2) is 0 Å². The monoisotopic (exact) mass is 385 g/mol. The van der Waals surface area contributed by atoms with Crippen LogP contribution in [0.4, 0.5) is 5.69 Å². The third kappa shape index (κ3) is 3.65. The lowest BCUT2D eigenvalue weighted by molar-refractivity contribution is -0.117. The molecule has 0 spiro atoms. The average Bonchev–Trinajstić information content (AvgIpc) is 2.83. The molecule has 0 saturated carbocycles. The van der Waals surface area contributed by atoms with Crippen LogP contribution in [0.2, 0.25) is 5.02 Å². The van der Waals surface area contributed by atoms with Crippen LogP contribution < -0.4 is 10.9 Å². The molecular weight excluding hydrogens is 362 g/mol. The maximum absolute atomic E-state index is 13.0. The van der Waals surface area contributed by atoms with Gasteiger partial charge in [-0.1, -0.05) is 29.3 Å². The second kappa shape index (κ2) is 6.89. The van der Waals surface area contributed by atoms with Gasteiger partial charge < -0.3 is 5.32 Å². The van der Waals surface area contributed by atoms with Crippen molar-refractivity contribution in [3.63, 3.8) is 0 Å². The van der Waals surface area contributed by atoms with E-state index in [0.717, 1.165) is 16.6 Å². The quantitative estimate of drug-likeness (QED) is 0.723. The fourth-order valence-corrected chi connectivity index (χ4v) is 3.44. The van der Waals surface area contributed by atoms with Crippen molar-refractivity contribution in [1.29, 1.82) is 0 Å². The van der Waals surface area contributed by atoms with Gasteiger partial charge in [-0.15, -0.1) is 0 Å². The van der Waals surface area contributed by atoms with Gasteiger partial charge in [0.1, 0.15) is 6.54 Å². The van der Waals surface area contributed by atoms with E-state index >= 15 is 0 Å². The Labute approximate surface area is 163 Å². The summed E-state index contributed by atoms with van der Waals surface area (Å²) >= 11 is 6.14. The van der Waals surface area contributed by atoms with Crippen molar-refractivity contribution in [2.75, 3.05) is 5.32 Å². The molecule has 2 aromatic carbocycles. The Morgan fingerprint density at radius 2 is 1.85 bits per heavy atom. The summed E-state index contributed by atoms with van der Waals surface area (Å²) in [5.74, 6) is -0.212. The third-order valence-electron chi connectivity index (χ3n) is 4.56. The van der Waals surface area contributed by atoms with Crippen molar-refractivity contribution in [3.8, 4) is 0 Å². The number of halogens is 1. The molecule has 1 amide bonds. The molecule has 5 nitrogen and oxygen atoms in total. The number of carbonyl (C=O) groups excluding carboxylic acids is 1. The molecule has 1 aromatic heterocycles. The zero-order valence-corrected chi connectivity index (χ0v) is 17.0. The van der Waals surface area contributed by atoms with E-state index in [2.05, 4.69) is 5.32 Å². The molecule has 0 aliphatic carbocycles. The van der Waals surface area contributed by atoms with Gasteiger partial charge in [0, 0.05) is 10.7 Å². The number of nitrogens with zero attached hydrogens (tertiary/aromatic N) is 2. The van der Waals surface area contributed by atoms with Crippen molar-refractivity contribution in [3.05, 3.63) is 62.9 Å². The second-order valence-electron chi connectivity index (χ2n) is 7.83. The van der Waals surface area contributed by atoms with Crippen LogP contribution in [0.15, 0.2) is 41.2 Å². The molecule has 1 heterocycles. The summed E-state index contributed by atoms with van der Waals surface area (Å²) < 4.78 is 3.41. The molecule has 0 aliphatic heterocycles. The number of aryl methyl sites for hydroxylation is 1. The van der Waals surface area contributed by atoms with Gasteiger partial charge in [-0.2, -0.15) is 0 Å². The molecule has 27 heavy (non-hydrogen) atoms. The molecule has 0 saturated heterocycles. The lowest BCUT2D eigenvalue weighted by atomic mass is 10.1. The summed E-state index contributed by atoms with van der Waals surface area (Å²) in [4.78, 5) is 25.7. The summed E-state index contributed by atoms with van der Waals surface area (Å²) in [7, 11) is 0. The first-order chi connectivity index (χ1) is 12.6. The van der Waals surface area contributed by atoms with Crippen molar-refractivity contribution in [2.24, 2.45) is 0 Å². The van der Waals surface area contributed by atoms with Crippen molar-refractivity contribution >= 4 is 34.1 Å². The number of amides is 1. The zero-order valence-electron chi connectivity index (χ0n) is 16.3. The summed E-state index contributed by atoms with van der Waals surface area (Å²) in [5, 5.41) is 4.12. The van der Waals surface area contributed by atoms with Crippen LogP contribution in [-0.2, 0) is 16.9 Å². The van der Waals surface area contributed by atoms with E-state index in [1.54, 1.807) is 21.5 Å². The molecule has 0 radical (unpaired) electrons. The molecule has 0 unspecified atom stereocenters. The van der Waals surface area contributed by atoms with Crippen LogP contribution in [0.25, 0.3) is 10.9 Å². The lowest BCUT2D eigenvalue weighted by Gasteiger charge is -2.24. The number of fused-ring (bicyclic) bond motifs is 1. The summed E-state index contributed by atoms with van der Waals surface area (Å²) in [5.41, 5.74) is 2.69. The summed E-state index contributed by atoms with van der Waals surface area (Å²) in [6.07, 6.45) is 0. The highest BCUT2D eigenvalue weighted by atomic mass is 35.5. The Hall–Kier alpha value is -2.53. The molecular formula is C21H24ClN3O2. The van der Waals surface area contributed by atoms with Crippen LogP contribution >= 0.6 is 11.6 Å². The Bertz CT molecular complexity index is 1090. The van der Waals surface area contributed by atoms with Gasteiger partial charge >= 0.3 is 0 Å². The van der Waals surface area contributed by atoms with E-state index in [1.165, 1.54) is 0 Å². The highest BCUT2D eigenvalue weighted by Gasteiger charge is 2.24. The third-order valence-corrected chi connectivity index (χ3v) is 4.97. The molecule has 142 valence electrons. The van der Waals surface area contributed by atoms with Gasteiger partial charge in [-0.25, -0.2) is 4.68 Å². The van der Waals surface area contributed by atoms with E-state index in [4.69, 9.17) is 11.6 Å². The standard InChI is InChI=1S/C21H24ClN3O2/c1-13-9-10-18-15(11-13)20(27)25(21(3,4)5)24(18)12-19(26)23-17-8-6-7-16(22)14(17)2/h6-11H,12H2,1-5H3,(H,23,26). The molecule has 3 rings (SSSR count). The smallest absolute Gasteiger partial charge is 0.275 e. The predicted octanol–water partition coefficient (Wildman–Crippen LogP) is 4.47. The first-order valence-corrected chi connectivity index (χ1v) is 9.25. The van der Waals surface area contributed by atoms with E-state index in [9.17, 15) is 9.59 Å². The molecule has 0 fully saturated rings. The van der Waals surface area contributed by atoms with Gasteiger partial charge in [0.2, 0.25) is 5.91 Å². The van der Waals surface area contributed by atoms with Gasteiger partial charge in [-0.05, 0) is 64.4 Å². The number of anilines is 1. The minimum atomic E-state index is -0.462. The van der Waals surface area contributed by atoms with Crippen molar-refractivity contribution in [2.45, 2.75) is 46.7 Å². The van der Waals surface area contributed by atoms with Crippen LogP contribution in [-0.4, -0.2) is 15.3 Å². The molecule has 3 aromatic rings. The van der Waals surface area contributed by atoms with Crippen LogP contribution in [0.3, 0.4) is 0 Å². The summed E-state index contributed by atoms with van der Waals surface area (Å²) in [6.45, 7) is 9.70. The minimum Gasteiger partial charge on any atom is -0.324 e. The van der Waals surface area contributed by atoms with Gasteiger partial charge in [0.05, 0.1) is 16.4 Å². The van der Waals surface area contributed by atoms with Crippen LogP contribution in [0, 0.1) is 13.8 Å². The first kappa shape index (κ1) is 19.2. The van der Waals surface area contributed by atoms with Crippen molar-refractivity contribution < 1.29 is 4.79 Å². The lowest BCUT2D eigenvalue weighted by Crippen LogP contribution is -2.38. The number of carbonyl (C=O) groups is 1. The van der Waals surface area contributed by atoms with Gasteiger partial charge in [0.25, 0.3) is 5.56 Å². The maximum Gasteiger partial charge on any atom is 0.275 e. The van der Waals surface area contributed by atoms with Crippen LogP contribution in [0.5, 0.6) is 0 Å². The first-order valence-electron chi connectivity index (χ1n) is 8.87. The molecule has 0 atom stereocenters. The van der Waals surface area contributed by atoms with Crippen LogP contribution in [0.1, 0.15) is 31.9 Å². The molecule has 6 heteroatoms. The fraction of sp³-hybridized carbons (Fsp3) is 0.333. The number of nitrogens with one attached hydrogen (secondary N) is 1. The SMILES string of the molecule is Cc1ccc2c(c1)c(=O)n(C(C)(C)C)n2CC(=O)Nc1cccc(Cl)c1C. The summed E-state index contributed by atoms with van der Waals surface area (Å²) in [6, 6.07) is 11.1. The molecule has 0 aliphatic rings. The highest BCUT2D eigenvalue weighted by Crippen LogP contribution is 2.24. The number of benzene rings is 2. The predicted molar refractivity (Wildman–Crippen MR) is 111 cm³/mol. The van der Waals surface area contributed by atoms with E-state index < -0.39 is 5.54 Å². The number of rotatable bonds is 3. The average molecular weight is 386 g/mol. The Morgan fingerprint density at radius 1 is 1.15 bits per heavy atom. The van der Waals surface area contributed by atoms with E-state index in [1.807, 2.05) is 58.9 Å². The number of hydrogen-bond acceptors (Lipinski definition) is 2. The van der Waals surface area contributed by atoms with Gasteiger partial charge in [-0.3, -0.25) is 14.3 Å². The highest BCUT2D eigenvalue weighted by molar-refractivity contribution is 6.31. The van der Waals surface area contributed by atoms with Crippen molar-refractivity contribution in [1.82, 2.24) is 9.36 Å². The second-order valence-corrected chi connectivity index (χ2v) is 8.23. The number of aromatic nitrogens is 2. The topological polar surface area (TPSA) is 56.0 Å². The Morgan fingerprint density at radius 3 is 2.52 bits per heavy atom. The molecule has 0 bridgehead atoms. The largest absolute Gasteiger partial charge is 0.324 e. The zero-order chi connectivity index (χ0) is 19.9. The normalized spacial score (nSPS) is 11.8. The Balaban J connectivity index is 2.04. The minimum absolute atomic E-state index is 0.0328. The fourth-order valence-electron chi connectivity index (χ4n) is 3.27. The molecule has 1 N–H and O–H groups in total. The number of hydrogen-bond donors (Lipinski definition) is 1.